The summed E-state index contributed by atoms with van der Waals surface area (Å²) in [5.41, 5.74) is 3.05. The summed E-state index contributed by atoms with van der Waals surface area (Å²) in [6.07, 6.45) is 1.41. The highest BCUT2D eigenvalue weighted by Crippen LogP contribution is 2.11. The van der Waals surface area contributed by atoms with Crippen LogP contribution >= 0.6 is 0 Å². The molecule has 1 amide bonds. The maximum absolute atomic E-state index is 11.8. The maximum atomic E-state index is 11.8. The Hall–Kier alpha value is -2.32. The van der Waals surface area contributed by atoms with Gasteiger partial charge in [-0.3, -0.25) is 14.9 Å². The summed E-state index contributed by atoms with van der Waals surface area (Å²) in [4.78, 5) is 24.8. The van der Waals surface area contributed by atoms with Crippen LogP contribution in [-0.2, 0) is 4.79 Å². The zero-order valence-electron chi connectivity index (χ0n) is 12.5. The fourth-order valence-corrected chi connectivity index (χ4v) is 2.37. The molecular weight excluding hydrogens is 286 g/mol. The van der Waals surface area contributed by atoms with Crippen LogP contribution in [0.25, 0.3) is 0 Å². The smallest absolute Gasteiger partial charge is 0.295 e. The van der Waals surface area contributed by atoms with Crippen LogP contribution in [-0.4, -0.2) is 56.8 Å². The van der Waals surface area contributed by atoms with E-state index in [9.17, 15) is 14.9 Å². The van der Waals surface area contributed by atoms with E-state index in [1.807, 2.05) is 0 Å². The fraction of sp³-hybridized carbons (Fsp3) is 0.429. The van der Waals surface area contributed by atoms with Gasteiger partial charge in [0.25, 0.3) is 11.6 Å². The Morgan fingerprint density at radius 2 is 2.14 bits per heavy atom. The number of hydrogen-bond acceptors (Lipinski definition) is 4. The van der Waals surface area contributed by atoms with Crippen LogP contribution < -0.4 is 15.2 Å². The quantitative estimate of drug-likeness (QED) is 0.318. The molecule has 3 N–H and O–H groups in total. The highest BCUT2D eigenvalue weighted by atomic mass is 16.6. The van der Waals surface area contributed by atoms with Crippen LogP contribution in [0.4, 0.5) is 5.69 Å². The molecule has 0 atom stereocenters. The fourth-order valence-electron chi connectivity index (χ4n) is 2.37. The molecule has 0 radical (unpaired) electrons. The molecule has 0 aliphatic carbocycles. The third kappa shape index (κ3) is 4.90. The lowest BCUT2D eigenvalue weighted by Gasteiger charge is -2.26. The molecule has 0 spiro atoms. The van der Waals surface area contributed by atoms with E-state index in [0.717, 1.165) is 26.2 Å². The molecule has 1 fully saturated rings. The Bertz CT molecular complexity index is 567. The molecule has 22 heavy (non-hydrogen) atoms. The molecule has 0 aromatic heterocycles. The number of nitrogens with zero attached hydrogens (tertiary/aromatic N) is 2. The summed E-state index contributed by atoms with van der Waals surface area (Å²) < 4.78 is 0. The van der Waals surface area contributed by atoms with Crippen LogP contribution in [0.15, 0.2) is 29.4 Å². The van der Waals surface area contributed by atoms with Crippen molar-refractivity contribution in [1.82, 2.24) is 5.43 Å². The van der Waals surface area contributed by atoms with E-state index in [-0.39, 0.29) is 11.6 Å². The van der Waals surface area contributed by atoms with Crippen LogP contribution in [0, 0.1) is 10.1 Å². The second kappa shape index (κ2) is 7.62. The first-order chi connectivity index (χ1) is 10.5. The van der Waals surface area contributed by atoms with Gasteiger partial charge in [-0.1, -0.05) is 12.1 Å². The number of non-ortho nitro benzene ring substituents is 1. The molecule has 0 unspecified atom stereocenters. The number of rotatable bonds is 5. The molecule has 1 aromatic carbocycles. The lowest BCUT2D eigenvalue weighted by molar-refractivity contribution is -1.000. The van der Waals surface area contributed by atoms with Crippen LogP contribution in [0.2, 0.25) is 0 Å². The number of benzene rings is 1. The van der Waals surface area contributed by atoms with Gasteiger partial charge in [0.15, 0.2) is 6.54 Å². The van der Waals surface area contributed by atoms with Gasteiger partial charge in [-0.2, -0.15) is 5.10 Å². The number of nitro benzene ring substituents is 1. The second-order valence-corrected chi connectivity index (χ2v) is 5.53. The van der Waals surface area contributed by atoms with Crippen molar-refractivity contribution in [2.24, 2.45) is 5.10 Å². The third-order valence-electron chi connectivity index (χ3n) is 3.71. The molecular formula is C14H21N5O3+2. The number of likely N-dealkylation sites (N-methyl/N-ethyl adjacent to an activating group) is 1. The molecule has 8 nitrogen and oxygen atoms in total. The normalized spacial score (nSPS) is 21.7. The summed E-state index contributed by atoms with van der Waals surface area (Å²) >= 11 is 0. The van der Waals surface area contributed by atoms with E-state index in [2.05, 4.69) is 17.6 Å². The molecule has 1 saturated heterocycles. The number of hydrazone groups is 1. The van der Waals surface area contributed by atoms with Gasteiger partial charge in [0.1, 0.15) is 26.2 Å². The van der Waals surface area contributed by atoms with Crippen molar-refractivity contribution in [3.8, 4) is 0 Å². The zero-order valence-corrected chi connectivity index (χ0v) is 12.5. The van der Waals surface area contributed by atoms with E-state index in [1.165, 1.54) is 28.1 Å². The number of amides is 1. The average Bonchev–Trinajstić information content (AvgIpc) is 2.50. The molecule has 118 valence electrons. The van der Waals surface area contributed by atoms with E-state index < -0.39 is 4.92 Å². The first-order valence-corrected chi connectivity index (χ1v) is 7.26. The van der Waals surface area contributed by atoms with Gasteiger partial charge in [0.05, 0.1) is 18.2 Å². The number of quaternary nitrogens is 2. The molecule has 0 bridgehead atoms. The Morgan fingerprint density at radius 3 is 2.82 bits per heavy atom. The standard InChI is InChI=1S/C14H19N5O3/c1-17-5-7-18(8-6-17)11-14(20)16-15-10-12-3-2-4-13(9-12)19(21)22/h2-4,9-10H,5-8,11H2,1H3,(H,16,20)/p+2. The minimum Gasteiger partial charge on any atom is -0.328 e. The lowest BCUT2D eigenvalue weighted by atomic mass is 10.2. The number of carbonyl (C=O) groups is 1. The minimum atomic E-state index is -0.464. The van der Waals surface area contributed by atoms with Crippen molar-refractivity contribution in [3.05, 3.63) is 39.9 Å². The van der Waals surface area contributed by atoms with E-state index in [0.29, 0.717) is 12.1 Å². The van der Waals surface area contributed by atoms with E-state index in [4.69, 9.17) is 0 Å². The highest BCUT2D eigenvalue weighted by molar-refractivity contribution is 5.83. The molecule has 8 heteroatoms. The largest absolute Gasteiger partial charge is 0.328 e. The van der Waals surface area contributed by atoms with Gasteiger partial charge in [0, 0.05) is 17.7 Å². The second-order valence-electron chi connectivity index (χ2n) is 5.53. The van der Waals surface area contributed by atoms with Gasteiger partial charge >= 0.3 is 0 Å². The van der Waals surface area contributed by atoms with Crippen LogP contribution in [0.1, 0.15) is 5.56 Å². The van der Waals surface area contributed by atoms with Crippen molar-refractivity contribution < 1.29 is 19.5 Å². The monoisotopic (exact) mass is 307 g/mol. The molecule has 0 saturated carbocycles. The van der Waals surface area contributed by atoms with Gasteiger partial charge in [-0.25, -0.2) is 5.43 Å². The number of piperazine rings is 1. The third-order valence-corrected chi connectivity index (χ3v) is 3.71. The first kappa shape index (κ1) is 16.1. The number of nitrogens with one attached hydrogen (secondary N) is 3. The Morgan fingerprint density at radius 1 is 1.41 bits per heavy atom. The van der Waals surface area contributed by atoms with Crippen molar-refractivity contribution in [2.75, 3.05) is 39.8 Å². The zero-order chi connectivity index (χ0) is 15.9. The first-order valence-electron chi connectivity index (χ1n) is 7.26. The summed E-state index contributed by atoms with van der Waals surface area (Å²) in [5, 5.41) is 14.5. The van der Waals surface area contributed by atoms with Gasteiger partial charge < -0.3 is 9.80 Å². The molecule has 1 heterocycles. The average molecular weight is 307 g/mol. The Labute approximate surface area is 128 Å². The molecule has 2 rings (SSSR count). The number of carbonyl (C=O) groups excluding carboxylic acids is 1. The summed E-state index contributed by atoms with van der Waals surface area (Å²) in [5.74, 6) is -0.142. The Balaban J connectivity index is 1.80. The molecule has 1 aliphatic heterocycles. The Kier molecular flexibility index (Phi) is 5.56. The van der Waals surface area contributed by atoms with E-state index in [1.54, 1.807) is 12.1 Å². The van der Waals surface area contributed by atoms with Crippen molar-refractivity contribution in [2.45, 2.75) is 0 Å². The minimum absolute atomic E-state index is 0.000317. The predicted octanol–water partition coefficient (Wildman–Crippen LogP) is -2.54. The van der Waals surface area contributed by atoms with Crippen molar-refractivity contribution in [1.29, 1.82) is 0 Å². The predicted molar refractivity (Wildman–Crippen MR) is 81.0 cm³/mol. The SMILES string of the molecule is C[NH+]1CC[NH+](CC(=O)NN=Cc2cccc([N+](=O)[O-])c2)CC1. The number of hydrogen-bond donors (Lipinski definition) is 3. The van der Waals surface area contributed by atoms with Gasteiger partial charge in [-0.15, -0.1) is 0 Å². The van der Waals surface area contributed by atoms with Crippen LogP contribution in [0.5, 0.6) is 0 Å². The van der Waals surface area contributed by atoms with Crippen LogP contribution in [0.3, 0.4) is 0 Å². The van der Waals surface area contributed by atoms with Crippen molar-refractivity contribution in [3.63, 3.8) is 0 Å². The summed E-state index contributed by atoms with van der Waals surface area (Å²) in [7, 11) is 2.15. The van der Waals surface area contributed by atoms with Crippen molar-refractivity contribution >= 4 is 17.8 Å². The van der Waals surface area contributed by atoms with Gasteiger partial charge in [-0.05, 0) is 0 Å². The summed E-state index contributed by atoms with van der Waals surface area (Å²) in [6, 6.07) is 6.09. The van der Waals surface area contributed by atoms with Gasteiger partial charge in [0.2, 0.25) is 0 Å². The lowest BCUT2D eigenvalue weighted by Crippen LogP contribution is -3.27. The van der Waals surface area contributed by atoms with E-state index >= 15 is 0 Å². The molecule has 1 aliphatic rings. The molecule has 1 aromatic rings. The topological polar surface area (TPSA) is 93.5 Å². The number of nitro groups is 1. The summed E-state index contributed by atoms with van der Waals surface area (Å²) in [6.45, 7) is 4.50. The maximum Gasteiger partial charge on any atom is 0.295 e. The highest BCUT2D eigenvalue weighted by Gasteiger charge is 2.21.